The predicted molar refractivity (Wildman–Crippen MR) is 59.6 cm³/mol. The Bertz CT molecular complexity index is 449. The Morgan fingerprint density at radius 3 is 2.31 bits per heavy atom. The first kappa shape index (κ1) is 11.7. The van der Waals surface area contributed by atoms with Gasteiger partial charge in [0.2, 0.25) is 11.8 Å². The molecule has 0 unspecified atom stereocenters. The Hall–Kier alpha value is -2.35. The molecule has 82 valence electrons. The molecule has 16 heavy (non-hydrogen) atoms. The zero-order valence-corrected chi connectivity index (χ0v) is 8.78. The Morgan fingerprint density at radius 2 is 1.81 bits per heavy atom. The van der Waals surface area contributed by atoms with Gasteiger partial charge in [0.15, 0.2) is 0 Å². The molecule has 0 fully saturated rings. The largest absolute Gasteiger partial charge is 0.325 e. The molecule has 1 aromatic carbocycles. The van der Waals surface area contributed by atoms with E-state index in [0.29, 0.717) is 11.4 Å². The number of benzene rings is 1. The summed E-state index contributed by atoms with van der Waals surface area (Å²) >= 11 is 0. The van der Waals surface area contributed by atoms with Crippen LogP contribution in [0.3, 0.4) is 0 Å². The average Bonchev–Trinajstić information content (AvgIpc) is 2.20. The zero-order chi connectivity index (χ0) is 12.0. The van der Waals surface area contributed by atoms with Gasteiger partial charge in [-0.15, -0.1) is 0 Å². The summed E-state index contributed by atoms with van der Waals surface area (Å²) in [5, 5.41) is 13.5. The number of amides is 2. The molecule has 0 aliphatic heterocycles. The van der Waals surface area contributed by atoms with Crippen LogP contribution in [-0.2, 0) is 9.59 Å². The molecule has 0 aromatic heterocycles. The minimum Gasteiger partial charge on any atom is -0.325 e. The summed E-state index contributed by atoms with van der Waals surface area (Å²) in [5.41, 5.74) is 0.999. The lowest BCUT2D eigenvalue weighted by Gasteiger charge is -2.09. The summed E-state index contributed by atoms with van der Waals surface area (Å²) in [6.07, 6.45) is -0.214. The van der Waals surface area contributed by atoms with Crippen molar-refractivity contribution < 1.29 is 9.59 Å². The molecule has 1 aromatic rings. The van der Waals surface area contributed by atoms with Crippen LogP contribution in [-0.4, -0.2) is 11.8 Å². The molecule has 5 nitrogen and oxygen atoms in total. The maximum atomic E-state index is 11.2. The Balaban J connectivity index is 2.83. The lowest BCUT2D eigenvalue weighted by atomic mass is 10.2. The van der Waals surface area contributed by atoms with Gasteiger partial charge in [-0.1, -0.05) is 12.1 Å². The number of nitrogens with zero attached hydrogens (tertiary/aromatic N) is 1. The minimum absolute atomic E-state index is 0.214. The molecule has 5 heteroatoms. The standard InChI is InChI=1S/C11H11N3O2/c1-8(15)13-9-4-2-3-5-10(9)14-11(16)6-7-12/h2-5H,6H2,1H3,(H,13,15)(H,14,16). The quantitative estimate of drug-likeness (QED) is 0.804. The van der Waals surface area contributed by atoms with Gasteiger partial charge in [-0.05, 0) is 12.1 Å². The number of nitrogens with one attached hydrogen (secondary N) is 2. The van der Waals surface area contributed by atoms with Gasteiger partial charge in [0.25, 0.3) is 0 Å². The lowest BCUT2D eigenvalue weighted by Crippen LogP contribution is -2.14. The van der Waals surface area contributed by atoms with Crippen molar-refractivity contribution in [3.63, 3.8) is 0 Å². The molecule has 0 spiro atoms. The van der Waals surface area contributed by atoms with Gasteiger partial charge in [0, 0.05) is 6.92 Å². The van der Waals surface area contributed by atoms with Crippen LogP contribution >= 0.6 is 0 Å². The predicted octanol–water partition coefficient (Wildman–Crippen LogP) is 1.50. The summed E-state index contributed by atoms with van der Waals surface area (Å²) in [7, 11) is 0. The second kappa shape index (κ2) is 5.51. The van der Waals surface area contributed by atoms with Crippen molar-refractivity contribution in [2.24, 2.45) is 0 Å². The van der Waals surface area contributed by atoms with Crippen molar-refractivity contribution in [1.29, 1.82) is 5.26 Å². The first-order chi connectivity index (χ1) is 7.63. The first-order valence-electron chi connectivity index (χ1n) is 4.67. The molecule has 0 aliphatic rings. The third-order valence-electron chi connectivity index (χ3n) is 1.75. The first-order valence-corrected chi connectivity index (χ1v) is 4.67. The second-order valence-corrected chi connectivity index (χ2v) is 3.11. The van der Waals surface area contributed by atoms with Crippen LogP contribution < -0.4 is 10.6 Å². The molecule has 2 N–H and O–H groups in total. The van der Waals surface area contributed by atoms with Gasteiger partial charge >= 0.3 is 0 Å². The van der Waals surface area contributed by atoms with Gasteiger partial charge < -0.3 is 10.6 Å². The molecular weight excluding hydrogens is 206 g/mol. The number of anilines is 2. The highest BCUT2D eigenvalue weighted by Gasteiger charge is 2.06. The second-order valence-electron chi connectivity index (χ2n) is 3.11. The van der Waals surface area contributed by atoms with Gasteiger partial charge in [-0.25, -0.2) is 0 Å². The van der Waals surface area contributed by atoms with E-state index in [1.165, 1.54) is 6.92 Å². The van der Waals surface area contributed by atoms with E-state index in [1.807, 2.05) is 0 Å². The van der Waals surface area contributed by atoms with E-state index in [-0.39, 0.29) is 12.3 Å². The van der Waals surface area contributed by atoms with Crippen molar-refractivity contribution in [2.45, 2.75) is 13.3 Å². The molecule has 1 rings (SSSR count). The van der Waals surface area contributed by atoms with Crippen molar-refractivity contribution in [3.05, 3.63) is 24.3 Å². The Labute approximate surface area is 93.1 Å². The van der Waals surface area contributed by atoms with E-state index in [9.17, 15) is 9.59 Å². The number of rotatable bonds is 3. The van der Waals surface area contributed by atoms with Crippen molar-refractivity contribution in [1.82, 2.24) is 0 Å². The number of hydrogen-bond donors (Lipinski definition) is 2. The Morgan fingerprint density at radius 1 is 1.25 bits per heavy atom. The number of nitriles is 1. The summed E-state index contributed by atoms with van der Waals surface area (Å²) in [4.78, 5) is 22.1. The maximum absolute atomic E-state index is 11.2. The molecule has 0 saturated heterocycles. The van der Waals surface area contributed by atoms with Crippen molar-refractivity contribution in [3.8, 4) is 6.07 Å². The van der Waals surface area contributed by atoms with Crippen LogP contribution in [0.2, 0.25) is 0 Å². The smallest absolute Gasteiger partial charge is 0.238 e. The normalized spacial score (nSPS) is 9.00. The van der Waals surface area contributed by atoms with Gasteiger partial charge in [-0.3, -0.25) is 9.59 Å². The fourth-order valence-corrected chi connectivity index (χ4v) is 1.16. The fourth-order valence-electron chi connectivity index (χ4n) is 1.16. The highest BCUT2D eigenvalue weighted by molar-refractivity contribution is 5.99. The van der Waals surface area contributed by atoms with Gasteiger partial charge in [0.1, 0.15) is 6.42 Å². The van der Waals surface area contributed by atoms with Crippen molar-refractivity contribution >= 4 is 23.2 Å². The summed E-state index contributed by atoms with van der Waals surface area (Å²) < 4.78 is 0. The molecule has 0 heterocycles. The van der Waals surface area contributed by atoms with Crippen LogP contribution in [0.15, 0.2) is 24.3 Å². The third kappa shape index (κ3) is 3.42. The molecular formula is C11H11N3O2. The van der Waals surface area contributed by atoms with Crippen molar-refractivity contribution in [2.75, 3.05) is 10.6 Å². The van der Waals surface area contributed by atoms with Gasteiger partial charge in [-0.2, -0.15) is 5.26 Å². The van der Waals surface area contributed by atoms with E-state index in [4.69, 9.17) is 5.26 Å². The van der Waals surface area contributed by atoms with Crippen LogP contribution in [0.25, 0.3) is 0 Å². The minimum atomic E-state index is -0.402. The van der Waals surface area contributed by atoms with E-state index in [2.05, 4.69) is 10.6 Å². The molecule has 0 atom stereocenters. The highest BCUT2D eigenvalue weighted by atomic mass is 16.2. The lowest BCUT2D eigenvalue weighted by molar-refractivity contribution is -0.115. The summed E-state index contributed by atoms with van der Waals surface area (Å²) in [5.74, 6) is -0.623. The average molecular weight is 217 g/mol. The van der Waals surface area contributed by atoms with E-state index < -0.39 is 5.91 Å². The Kier molecular flexibility index (Phi) is 4.04. The molecule has 2 amide bonds. The highest BCUT2D eigenvalue weighted by Crippen LogP contribution is 2.20. The third-order valence-corrected chi connectivity index (χ3v) is 1.75. The molecule has 0 saturated carbocycles. The molecule has 0 radical (unpaired) electrons. The van der Waals surface area contributed by atoms with E-state index in [1.54, 1.807) is 30.3 Å². The van der Waals surface area contributed by atoms with E-state index >= 15 is 0 Å². The summed E-state index contributed by atoms with van der Waals surface area (Å²) in [6, 6.07) is 8.54. The number of carbonyl (C=O) groups excluding carboxylic acids is 2. The van der Waals surface area contributed by atoms with Crippen LogP contribution in [0, 0.1) is 11.3 Å². The van der Waals surface area contributed by atoms with Crippen LogP contribution in [0.5, 0.6) is 0 Å². The maximum Gasteiger partial charge on any atom is 0.238 e. The monoisotopic (exact) mass is 217 g/mol. The topological polar surface area (TPSA) is 82.0 Å². The number of para-hydroxylation sites is 2. The fraction of sp³-hybridized carbons (Fsp3) is 0.182. The van der Waals surface area contributed by atoms with Gasteiger partial charge in [0.05, 0.1) is 17.4 Å². The van der Waals surface area contributed by atoms with Crippen LogP contribution in [0.4, 0.5) is 11.4 Å². The molecule has 0 aliphatic carbocycles. The SMILES string of the molecule is CC(=O)Nc1ccccc1NC(=O)CC#N. The zero-order valence-electron chi connectivity index (χ0n) is 8.78. The number of carbonyl (C=O) groups is 2. The number of hydrogen-bond acceptors (Lipinski definition) is 3. The van der Waals surface area contributed by atoms with Crippen LogP contribution in [0.1, 0.15) is 13.3 Å². The summed E-state index contributed by atoms with van der Waals surface area (Å²) in [6.45, 7) is 1.38. The van der Waals surface area contributed by atoms with E-state index in [0.717, 1.165) is 0 Å². The molecule has 0 bridgehead atoms.